The lowest BCUT2D eigenvalue weighted by atomic mass is 9.70. The Morgan fingerprint density at radius 2 is 1.81 bits per heavy atom. The van der Waals surface area contributed by atoms with Crippen LogP contribution in [-0.2, 0) is 4.74 Å². The van der Waals surface area contributed by atoms with E-state index in [1.807, 2.05) is 0 Å². The lowest BCUT2D eigenvalue weighted by Crippen LogP contribution is -2.48. The van der Waals surface area contributed by atoms with E-state index in [2.05, 4.69) is 0 Å². The summed E-state index contributed by atoms with van der Waals surface area (Å²) in [6.45, 7) is 2.33. The van der Waals surface area contributed by atoms with Crippen LogP contribution in [0.5, 0.6) is 0 Å². The molecule has 21 heavy (non-hydrogen) atoms. The normalized spacial score (nSPS) is 29.3. The van der Waals surface area contributed by atoms with Gasteiger partial charge in [0.25, 0.3) is 0 Å². The van der Waals surface area contributed by atoms with E-state index >= 15 is 0 Å². The molecule has 1 aliphatic carbocycles. The Morgan fingerprint density at radius 1 is 1.14 bits per heavy atom. The summed E-state index contributed by atoms with van der Waals surface area (Å²) in [6, 6.07) is 0. The maximum atomic E-state index is 12.3. The van der Waals surface area contributed by atoms with Gasteiger partial charge < -0.3 is 9.84 Å². The van der Waals surface area contributed by atoms with E-state index in [4.69, 9.17) is 4.74 Å². The first-order valence-electron chi connectivity index (χ1n) is 8.16. The standard InChI is InChI=1S/C16H27F3O2/c1-14(20,7-5-10-16(17,18)19)13-6-11-21-15(12-13)8-3-2-4-9-15/h13,20H,2-12H2,1H3. The van der Waals surface area contributed by atoms with Crippen molar-refractivity contribution in [2.45, 2.75) is 88.5 Å². The van der Waals surface area contributed by atoms with Crippen molar-refractivity contribution in [3.63, 3.8) is 0 Å². The molecule has 2 fully saturated rings. The number of hydrogen-bond acceptors (Lipinski definition) is 2. The van der Waals surface area contributed by atoms with Crippen LogP contribution in [0.4, 0.5) is 13.2 Å². The number of hydrogen-bond donors (Lipinski definition) is 1. The first-order chi connectivity index (χ1) is 9.73. The van der Waals surface area contributed by atoms with Crippen molar-refractivity contribution in [2.75, 3.05) is 6.61 Å². The third-order valence-corrected chi connectivity index (χ3v) is 5.28. The molecule has 2 rings (SSSR count). The van der Waals surface area contributed by atoms with Gasteiger partial charge in [0.15, 0.2) is 0 Å². The van der Waals surface area contributed by atoms with Crippen molar-refractivity contribution in [3.05, 3.63) is 0 Å². The van der Waals surface area contributed by atoms with Crippen molar-refractivity contribution >= 4 is 0 Å². The molecule has 0 amide bonds. The van der Waals surface area contributed by atoms with Gasteiger partial charge in [0.05, 0.1) is 11.2 Å². The number of ether oxygens (including phenoxy) is 1. The Labute approximate surface area is 125 Å². The summed E-state index contributed by atoms with van der Waals surface area (Å²) < 4.78 is 42.8. The molecule has 5 heteroatoms. The van der Waals surface area contributed by atoms with Crippen LogP contribution in [0, 0.1) is 5.92 Å². The van der Waals surface area contributed by atoms with Crippen molar-refractivity contribution < 1.29 is 23.0 Å². The molecule has 2 nitrogen and oxygen atoms in total. The number of alkyl halides is 3. The molecule has 1 aliphatic heterocycles. The number of aliphatic hydroxyl groups is 1. The molecule has 124 valence electrons. The van der Waals surface area contributed by atoms with Crippen LogP contribution < -0.4 is 0 Å². The third kappa shape index (κ3) is 4.85. The number of halogens is 3. The van der Waals surface area contributed by atoms with Gasteiger partial charge in [-0.25, -0.2) is 0 Å². The van der Waals surface area contributed by atoms with Gasteiger partial charge in [-0.15, -0.1) is 0 Å². The summed E-state index contributed by atoms with van der Waals surface area (Å²) in [5.74, 6) is 0.0533. The first kappa shape index (κ1) is 17.1. The zero-order chi connectivity index (χ0) is 15.6. The molecule has 2 atom stereocenters. The molecular weight excluding hydrogens is 281 g/mol. The van der Waals surface area contributed by atoms with Crippen LogP contribution in [0.25, 0.3) is 0 Å². The predicted molar refractivity (Wildman–Crippen MR) is 75.0 cm³/mol. The summed E-state index contributed by atoms with van der Waals surface area (Å²) in [4.78, 5) is 0. The first-order valence-corrected chi connectivity index (χ1v) is 8.16. The van der Waals surface area contributed by atoms with Gasteiger partial charge in [-0.1, -0.05) is 19.3 Å². The average molecular weight is 308 g/mol. The lowest BCUT2D eigenvalue weighted by molar-refractivity contribution is -0.159. The average Bonchev–Trinajstić information content (AvgIpc) is 2.38. The van der Waals surface area contributed by atoms with Gasteiger partial charge in [-0.05, 0) is 51.4 Å². The maximum absolute atomic E-state index is 12.3. The Kier molecular flexibility index (Phi) is 5.24. The fourth-order valence-corrected chi connectivity index (χ4v) is 3.95. The van der Waals surface area contributed by atoms with Crippen LogP contribution in [0.3, 0.4) is 0 Å². The monoisotopic (exact) mass is 308 g/mol. The van der Waals surface area contributed by atoms with Crippen molar-refractivity contribution in [3.8, 4) is 0 Å². The van der Waals surface area contributed by atoms with Crippen LogP contribution >= 0.6 is 0 Å². The highest BCUT2D eigenvalue weighted by Crippen LogP contribution is 2.44. The topological polar surface area (TPSA) is 29.5 Å². The molecule has 2 unspecified atom stereocenters. The number of rotatable bonds is 4. The molecule has 1 saturated carbocycles. The molecule has 1 spiro atoms. The van der Waals surface area contributed by atoms with Crippen LogP contribution in [0.15, 0.2) is 0 Å². The summed E-state index contributed by atoms with van der Waals surface area (Å²) in [6.07, 6.45) is 2.43. The van der Waals surface area contributed by atoms with Gasteiger partial charge in [0.2, 0.25) is 0 Å². The molecule has 0 radical (unpaired) electrons. The predicted octanol–water partition coefficient (Wildman–Crippen LogP) is 4.60. The second-order valence-electron chi connectivity index (χ2n) is 7.11. The minimum atomic E-state index is -4.13. The van der Waals surface area contributed by atoms with E-state index in [1.54, 1.807) is 6.92 Å². The minimum absolute atomic E-state index is 0.000850. The summed E-state index contributed by atoms with van der Waals surface area (Å²) in [5.41, 5.74) is -1.13. The summed E-state index contributed by atoms with van der Waals surface area (Å²) >= 11 is 0. The molecule has 2 aliphatic rings. The van der Waals surface area contributed by atoms with Crippen molar-refractivity contribution in [1.29, 1.82) is 0 Å². The zero-order valence-corrected chi connectivity index (χ0v) is 12.8. The van der Waals surface area contributed by atoms with Crippen LogP contribution in [-0.4, -0.2) is 29.1 Å². The lowest BCUT2D eigenvalue weighted by Gasteiger charge is -2.47. The van der Waals surface area contributed by atoms with E-state index in [0.29, 0.717) is 6.61 Å². The van der Waals surface area contributed by atoms with Gasteiger partial charge in [-0.2, -0.15) is 13.2 Å². The van der Waals surface area contributed by atoms with Crippen molar-refractivity contribution in [2.24, 2.45) is 5.92 Å². The van der Waals surface area contributed by atoms with Gasteiger partial charge in [-0.3, -0.25) is 0 Å². The molecular formula is C16H27F3O2. The van der Waals surface area contributed by atoms with E-state index in [0.717, 1.165) is 38.5 Å². The SMILES string of the molecule is CC(O)(CCCC(F)(F)F)C1CCOC2(CCCCC2)C1. The maximum Gasteiger partial charge on any atom is 0.389 e. The smallest absolute Gasteiger partial charge is 0.389 e. The minimum Gasteiger partial charge on any atom is -0.390 e. The molecule has 0 aromatic rings. The third-order valence-electron chi connectivity index (χ3n) is 5.28. The van der Waals surface area contributed by atoms with Gasteiger partial charge in [0, 0.05) is 13.0 Å². The highest BCUT2D eigenvalue weighted by molar-refractivity contribution is 4.95. The highest BCUT2D eigenvalue weighted by atomic mass is 19.4. The van der Waals surface area contributed by atoms with E-state index in [1.165, 1.54) is 6.42 Å². The fraction of sp³-hybridized carbons (Fsp3) is 1.00. The zero-order valence-electron chi connectivity index (χ0n) is 12.8. The Balaban J connectivity index is 1.89. The Bertz CT molecular complexity index is 327. The molecule has 1 saturated heterocycles. The van der Waals surface area contributed by atoms with Gasteiger partial charge in [0.1, 0.15) is 0 Å². The second-order valence-corrected chi connectivity index (χ2v) is 7.11. The molecule has 0 aromatic carbocycles. The van der Waals surface area contributed by atoms with E-state index < -0.39 is 18.2 Å². The van der Waals surface area contributed by atoms with E-state index in [-0.39, 0.29) is 24.4 Å². The van der Waals surface area contributed by atoms with E-state index in [9.17, 15) is 18.3 Å². The summed E-state index contributed by atoms with van der Waals surface area (Å²) in [7, 11) is 0. The molecule has 1 N–H and O–H groups in total. The molecule has 0 bridgehead atoms. The fourth-order valence-electron chi connectivity index (χ4n) is 3.95. The van der Waals surface area contributed by atoms with Crippen LogP contribution in [0.1, 0.15) is 71.1 Å². The second kappa shape index (κ2) is 6.45. The quantitative estimate of drug-likeness (QED) is 0.822. The molecule has 1 heterocycles. The largest absolute Gasteiger partial charge is 0.390 e. The molecule has 0 aromatic heterocycles. The Morgan fingerprint density at radius 3 is 2.43 bits per heavy atom. The summed E-state index contributed by atoms with van der Waals surface area (Å²) in [5, 5.41) is 10.6. The van der Waals surface area contributed by atoms with Crippen molar-refractivity contribution in [1.82, 2.24) is 0 Å². The Hall–Kier alpha value is -0.290. The van der Waals surface area contributed by atoms with Crippen LogP contribution in [0.2, 0.25) is 0 Å². The van der Waals surface area contributed by atoms with Gasteiger partial charge >= 0.3 is 6.18 Å². The highest BCUT2D eigenvalue weighted by Gasteiger charge is 2.44.